The number of benzene rings is 1. The fourth-order valence-corrected chi connectivity index (χ4v) is 3.99. The third kappa shape index (κ3) is 2.01. The van der Waals surface area contributed by atoms with Crippen LogP contribution in [-0.4, -0.2) is 4.57 Å². The molecule has 0 bridgehead atoms. The summed E-state index contributed by atoms with van der Waals surface area (Å²) in [4.78, 5) is 0. The zero-order chi connectivity index (χ0) is 15.8. The quantitative estimate of drug-likeness (QED) is 0.797. The Balaban J connectivity index is 2.10. The molecule has 0 saturated heterocycles. The maximum absolute atomic E-state index is 9.55. The van der Waals surface area contributed by atoms with Gasteiger partial charge in [0.25, 0.3) is 0 Å². The van der Waals surface area contributed by atoms with Crippen molar-refractivity contribution < 1.29 is 0 Å². The summed E-state index contributed by atoms with van der Waals surface area (Å²) in [5.41, 5.74) is 7.31. The van der Waals surface area contributed by atoms with Gasteiger partial charge in [0, 0.05) is 11.4 Å². The Hall–Kier alpha value is -2.78. The summed E-state index contributed by atoms with van der Waals surface area (Å²) in [6.07, 6.45) is 11.1. The van der Waals surface area contributed by atoms with Crippen LogP contribution in [0.1, 0.15) is 52.9 Å². The van der Waals surface area contributed by atoms with E-state index < -0.39 is 0 Å². The highest BCUT2D eigenvalue weighted by molar-refractivity contribution is 5.68. The molecule has 0 spiro atoms. The Labute approximate surface area is 136 Å². The molecule has 3 nitrogen and oxygen atoms in total. The van der Waals surface area contributed by atoms with E-state index >= 15 is 0 Å². The first-order valence-electron chi connectivity index (χ1n) is 8.20. The van der Waals surface area contributed by atoms with E-state index in [0.717, 1.165) is 31.4 Å². The Morgan fingerprint density at radius 2 is 1.65 bits per heavy atom. The average molecular weight is 299 g/mol. The highest BCUT2D eigenvalue weighted by Gasteiger charge is 2.27. The molecule has 1 aromatic heterocycles. The molecule has 0 fully saturated rings. The van der Waals surface area contributed by atoms with E-state index in [1.807, 2.05) is 12.1 Å². The number of fused-ring (bicyclic) bond motifs is 3. The van der Waals surface area contributed by atoms with Crippen LogP contribution in [0.5, 0.6) is 0 Å². The maximum Gasteiger partial charge on any atom is 0.101 e. The summed E-state index contributed by atoms with van der Waals surface area (Å²) in [5.74, 6) is 0. The average Bonchev–Trinajstić information content (AvgIpc) is 2.95. The van der Waals surface area contributed by atoms with Crippen LogP contribution < -0.4 is 0 Å². The molecule has 4 rings (SSSR count). The van der Waals surface area contributed by atoms with Crippen molar-refractivity contribution in [2.24, 2.45) is 0 Å². The molecule has 112 valence electrons. The van der Waals surface area contributed by atoms with Crippen LogP contribution in [-0.2, 0) is 19.3 Å². The molecule has 2 aliphatic rings. The number of nitrogens with zero attached hydrogens (tertiary/aromatic N) is 3. The van der Waals surface area contributed by atoms with Gasteiger partial charge in [0.05, 0.1) is 16.8 Å². The number of nitriles is 2. The van der Waals surface area contributed by atoms with Crippen LogP contribution in [0.4, 0.5) is 0 Å². The highest BCUT2D eigenvalue weighted by atomic mass is 15.0. The minimum absolute atomic E-state index is 0.578. The van der Waals surface area contributed by atoms with Gasteiger partial charge in [-0.1, -0.05) is 12.1 Å². The molecule has 0 aliphatic heterocycles. The number of allylic oxidation sites excluding steroid dienone is 1. The van der Waals surface area contributed by atoms with Crippen LogP contribution in [0.25, 0.3) is 11.8 Å². The predicted octanol–water partition coefficient (Wildman–Crippen LogP) is 4.06. The fourth-order valence-electron chi connectivity index (χ4n) is 3.99. The van der Waals surface area contributed by atoms with Crippen LogP contribution >= 0.6 is 0 Å². The predicted molar refractivity (Wildman–Crippen MR) is 89.2 cm³/mol. The van der Waals surface area contributed by atoms with E-state index in [1.165, 1.54) is 35.4 Å². The molecule has 1 aromatic carbocycles. The Morgan fingerprint density at radius 1 is 0.913 bits per heavy atom. The third-order valence-electron chi connectivity index (χ3n) is 4.96. The molecule has 0 radical (unpaired) electrons. The van der Waals surface area contributed by atoms with E-state index in [0.29, 0.717) is 11.1 Å². The molecule has 2 aliphatic carbocycles. The molecule has 1 heterocycles. The topological polar surface area (TPSA) is 52.5 Å². The summed E-state index contributed by atoms with van der Waals surface area (Å²) in [5, 5.41) is 19.1. The molecule has 2 aromatic rings. The fraction of sp³-hybridized carbons (Fsp3) is 0.300. The lowest BCUT2D eigenvalue weighted by molar-refractivity contribution is 0.660. The molecule has 23 heavy (non-hydrogen) atoms. The molecule has 0 unspecified atom stereocenters. The molecular formula is C20H17N3. The Kier molecular flexibility index (Phi) is 3.28. The lowest BCUT2D eigenvalue weighted by atomic mass is 9.91. The van der Waals surface area contributed by atoms with Crippen molar-refractivity contribution in [2.45, 2.75) is 38.5 Å². The van der Waals surface area contributed by atoms with Crippen molar-refractivity contribution in [3.63, 3.8) is 0 Å². The minimum atomic E-state index is 0.578. The standard InChI is InChI=1S/C20H17N3/c21-12-14-6-5-7-15(13-22)20(14)23-18-10-3-1-8-16(18)17-9-2-4-11-19(17)23/h3,5-7,10H,1-2,4,8-9,11H2. The molecule has 0 atom stereocenters. The van der Waals surface area contributed by atoms with Crippen molar-refractivity contribution in [1.29, 1.82) is 10.5 Å². The van der Waals surface area contributed by atoms with Gasteiger partial charge in [-0.05, 0) is 67.9 Å². The molecule has 0 N–H and O–H groups in total. The van der Waals surface area contributed by atoms with Crippen LogP contribution in [0.3, 0.4) is 0 Å². The first-order chi connectivity index (χ1) is 11.3. The number of hydrogen-bond acceptors (Lipinski definition) is 2. The molecule has 0 amide bonds. The van der Waals surface area contributed by atoms with Crippen LogP contribution in [0.2, 0.25) is 0 Å². The van der Waals surface area contributed by atoms with E-state index in [2.05, 4.69) is 28.9 Å². The summed E-state index contributed by atoms with van der Waals surface area (Å²) >= 11 is 0. The second kappa shape index (κ2) is 5.45. The van der Waals surface area contributed by atoms with E-state index in [4.69, 9.17) is 0 Å². The van der Waals surface area contributed by atoms with Crippen molar-refractivity contribution in [1.82, 2.24) is 4.57 Å². The first kappa shape index (κ1) is 13.9. The monoisotopic (exact) mass is 299 g/mol. The van der Waals surface area contributed by atoms with Crippen molar-refractivity contribution in [3.05, 3.63) is 57.9 Å². The first-order valence-corrected chi connectivity index (χ1v) is 8.20. The van der Waals surface area contributed by atoms with Gasteiger partial charge in [-0.2, -0.15) is 10.5 Å². The molecule has 0 saturated carbocycles. The van der Waals surface area contributed by atoms with Gasteiger partial charge in [-0.3, -0.25) is 0 Å². The van der Waals surface area contributed by atoms with Crippen molar-refractivity contribution in [2.75, 3.05) is 0 Å². The van der Waals surface area contributed by atoms with Crippen molar-refractivity contribution >= 4 is 6.08 Å². The summed E-state index contributed by atoms with van der Waals surface area (Å²) < 4.78 is 2.20. The maximum atomic E-state index is 9.55. The van der Waals surface area contributed by atoms with Gasteiger partial charge in [0.2, 0.25) is 0 Å². The van der Waals surface area contributed by atoms with Crippen LogP contribution in [0, 0.1) is 22.7 Å². The van der Waals surface area contributed by atoms with Gasteiger partial charge in [-0.25, -0.2) is 0 Å². The summed E-state index contributed by atoms with van der Waals surface area (Å²) in [6, 6.07) is 9.96. The van der Waals surface area contributed by atoms with E-state index in [1.54, 1.807) is 6.07 Å². The van der Waals surface area contributed by atoms with E-state index in [9.17, 15) is 10.5 Å². The van der Waals surface area contributed by atoms with Crippen molar-refractivity contribution in [3.8, 4) is 17.8 Å². The highest BCUT2D eigenvalue weighted by Crippen LogP contribution is 2.37. The zero-order valence-electron chi connectivity index (χ0n) is 13.0. The van der Waals surface area contributed by atoms with Gasteiger partial charge < -0.3 is 4.57 Å². The smallest absolute Gasteiger partial charge is 0.101 e. The minimum Gasteiger partial charge on any atom is -0.311 e. The van der Waals surface area contributed by atoms with Gasteiger partial charge in [0.15, 0.2) is 0 Å². The zero-order valence-corrected chi connectivity index (χ0v) is 13.0. The molecular weight excluding hydrogens is 282 g/mol. The normalized spacial score (nSPS) is 15.4. The van der Waals surface area contributed by atoms with Gasteiger partial charge >= 0.3 is 0 Å². The lowest BCUT2D eigenvalue weighted by Gasteiger charge is -2.18. The Morgan fingerprint density at radius 3 is 2.39 bits per heavy atom. The van der Waals surface area contributed by atoms with E-state index in [-0.39, 0.29) is 0 Å². The van der Waals surface area contributed by atoms with Gasteiger partial charge in [0.1, 0.15) is 12.1 Å². The Bertz CT molecular complexity index is 868. The van der Waals surface area contributed by atoms with Gasteiger partial charge in [-0.15, -0.1) is 0 Å². The van der Waals surface area contributed by atoms with Crippen LogP contribution in [0.15, 0.2) is 24.3 Å². The second-order valence-corrected chi connectivity index (χ2v) is 6.20. The summed E-state index contributed by atoms with van der Waals surface area (Å²) in [6.45, 7) is 0. The number of aromatic nitrogens is 1. The SMILES string of the molecule is N#Cc1cccc(C#N)c1-n1c2c(c3c1CCCC3)CCC=C2. The number of rotatable bonds is 1. The third-order valence-corrected chi connectivity index (χ3v) is 4.96. The lowest BCUT2D eigenvalue weighted by Crippen LogP contribution is -2.10. The number of hydrogen-bond donors (Lipinski definition) is 0. The summed E-state index contributed by atoms with van der Waals surface area (Å²) in [7, 11) is 0. The molecule has 3 heteroatoms. The largest absolute Gasteiger partial charge is 0.311 e. The number of para-hydroxylation sites is 1. The second-order valence-electron chi connectivity index (χ2n) is 6.20.